The number of carbonyl (C=O) groups is 2. The third kappa shape index (κ3) is 4.20. The summed E-state index contributed by atoms with van der Waals surface area (Å²) in [6.45, 7) is 4.31. The number of carboxylic acid groups (broad SMARTS) is 1. The van der Waals surface area contributed by atoms with Crippen molar-refractivity contribution in [1.29, 1.82) is 0 Å². The highest BCUT2D eigenvalue weighted by atomic mass is 16.4. The molecule has 0 heterocycles. The molecule has 0 spiro atoms. The van der Waals surface area contributed by atoms with E-state index in [2.05, 4.69) is 5.32 Å². The molecular weight excluding hydrogens is 230 g/mol. The van der Waals surface area contributed by atoms with Gasteiger partial charge in [-0.05, 0) is 24.1 Å². The minimum absolute atomic E-state index is 0.00217. The number of aromatic carboxylic acids is 1. The molecule has 0 fully saturated rings. The van der Waals surface area contributed by atoms with E-state index in [1.165, 1.54) is 6.07 Å². The topological polar surface area (TPSA) is 66.4 Å². The number of amides is 1. The normalized spacial score (nSPS) is 11.9. The predicted octanol–water partition coefficient (Wildman–Crippen LogP) is 2.44. The summed E-state index contributed by atoms with van der Waals surface area (Å²) < 4.78 is 0. The molecule has 0 aliphatic carbocycles. The fraction of sp³-hybridized carbons (Fsp3) is 0.429. The monoisotopic (exact) mass is 249 g/mol. The van der Waals surface area contributed by atoms with Crippen LogP contribution >= 0.6 is 0 Å². The number of rotatable bonds is 6. The van der Waals surface area contributed by atoms with Crippen molar-refractivity contribution in [3.8, 4) is 0 Å². The second-order valence-electron chi connectivity index (χ2n) is 4.41. The van der Waals surface area contributed by atoms with Crippen molar-refractivity contribution in [2.24, 2.45) is 5.92 Å². The van der Waals surface area contributed by atoms with Crippen LogP contribution in [0.3, 0.4) is 0 Å². The molecule has 0 saturated carbocycles. The molecule has 1 aromatic carbocycles. The first-order valence-corrected chi connectivity index (χ1v) is 6.14. The minimum Gasteiger partial charge on any atom is -0.478 e. The average molecular weight is 249 g/mol. The first kappa shape index (κ1) is 14.2. The van der Waals surface area contributed by atoms with Crippen molar-refractivity contribution in [3.05, 3.63) is 35.4 Å². The van der Waals surface area contributed by atoms with E-state index in [4.69, 9.17) is 5.11 Å². The van der Waals surface area contributed by atoms with Crippen LogP contribution in [0.15, 0.2) is 24.3 Å². The number of benzene rings is 1. The number of carbonyl (C=O) groups excluding carboxylic acids is 1. The molecule has 0 aromatic heterocycles. The van der Waals surface area contributed by atoms with Crippen molar-refractivity contribution < 1.29 is 14.7 Å². The number of nitrogens with one attached hydrogen (secondary N) is 1. The van der Waals surface area contributed by atoms with E-state index in [-0.39, 0.29) is 17.4 Å². The Kier molecular flexibility index (Phi) is 5.36. The Bertz CT molecular complexity index is 429. The van der Waals surface area contributed by atoms with Crippen molar-refractivity contribution in [1.82, 2.24) is 5.32 Å². The highest BCUT2D eigenvalue weighted by Crippen LogP contribution is 2.07. The maximum atomic E-state index is 11.7. The summed E-state index contributed by atoms with van der Waals surface area (Å²) in [7, 11) is 0. The zero-order valence-corrected chi connectivity index (χ0v) is 10.8. The van der Waals surface area contributed by atoms with Crippen LogP contribution in [-0.4, -0.2) is 17.0 Å². The van der Waals surface area contributed by atoms with Gasteiger partial charge in [0.05, 0.1) is 5.56 Å². The summed E-state index contributed by atoms with van der Waals surface area (Å²) in [5.74, 6) is -0.947. The molecule has 1 aromatic rings. The third-order valence-electron chi connectivity index (χ3n) is 2.81. The van der Waals surface area contributed by atoms with Gasteiger partial charge in [0, 0.05) is 12.5 Å². The maximum Gasteiger partial charge on any atom is 0.335 e. The van der Waals surface area contributed by atoms with Gasteiger partial charge < -0.3 is 10.4 Å². The fourth-order valence-electron chi connectivity index (χ4n) is 1.74. The van der Waals surface area contributed by atoms with Crippen LogP contribution < -0.4 is 5.32 Å². The third-order valence-corrected chi connectivity index (χ3v) is 2.81. The van der Waals surface area contributed by atoms with Crippen LogP contribution in [0.1, 0.15) is 42.6 Å². The Morgan fingerprint density at radius 1 is 1.39 bits per heavy atom. The first-order chi connectivity index (χ1) is 8.54. The Balaban J connectivity index is 2.55. The van der Waals surface area contributed by atoms with E-state index in [9.17, 15) is 9.59 Å². The molecule has 98 valence electrons. The van der Waals surface area contributed by atoms with E-state index in [1.54, 1.807) is 18.2 Å². The average Bonchev–Trinajstić information content (AvgIpc) is 2.36. The van der Waals surface area contributed by atoms with Gasteiger partial charge >= 0.3 is 5.97 Å². The number of hydrogen-bond acceptors (Lipinski definition) is 2. The van der Waals surface area contributed by atoms with Crippen molar-refractivity contribution in [2.75, 3.05) is 0 Å². The molecule has 1 unspecified atom stereocenters. The molecule has 18 heavy (non-hydrogen) atoms. The van der Waals surface area contributed by atoms with E-state index >= 15 is 0 Å². The van der Waals surface area contributed by atoms with E-state index in [0.717, 1.165) is 18.4 Å². The SMILES string of the molecule is CCCC(C)C(=O)NCc1cccc(C(=O)O)c1. The molecule has 0 bridgehead atoms. The van der Waals surface area contributed by atoms with E-state index < -0.39 is 5.97 Å². The molecule has 0 saturated heterocycles. The molecule has 4 nitrogen and oxygen atoms in total. The highest BCUT2D eigenvalue weighted by Gasteiger charge is 2.11. The van der Waals surface area contributed by atoms with Gasteiger partial charge in [0.1, 0.15) is 0 Å². The van der Waals surface area contributed by atoms with Gasteiger partial charge in [0.2, 0.25) is 5.91 Å². The first-order valence-electron chi connectivity index (χ1n) is 6.14. The Morgan fingerprint density at radius 3 is 2.72 bits per heavy atom. The lowest BCUT2D eigenvalue weighted by molar-refractivity contribution is -0.124. The molecule has 4 heteroatoms. The summed E-state index contributed by atoms with van der Waals surface area (Å²) in [6, 6.07) is 6.60. The zero-order valence-electron chi connectivity index (χ0n) is 10.8. The smallest absolute Gasteiger partial charge is 0.335 e. The van der Waals surface area contributed by atoms with Crippen LogP contribution in [0.4, 0.5) is 0 Å². The van der Waals surface area contributed by atoms with Crippen LogP contribution in [0, 0.1) is 5.92 Å². The summed E-state index contributed by atoms with van der Waals surface area (Å²) in [5, 5.41) is 11.7. The Hall–Kier alpha value is -1.84. The number of carboxylic acids is 1. The van der Waals surface area contributed by atoms with Gasteiger partial charge in [-0.1, -0.05) is 32.4 Å². The summed E-state index contributed by atoms with van der Waals surface area (Å²) in [6.07, 6.45) is 1.84. The van der Waals surface area contributed by atoms with Gasteiger partial charge in [-0.15, -0.1) is 0 Å². The molecular formula is C14H19NO3. The van der Waals surface area contributed by atoms with Crippen LogP contribution in [0.25, 0.3) is 0 Å². The van der Waals surface area contributed by atoms with Crippen LogP contribution in [0.5, 0.6) is 0 Å². The maximum absolute atomic E-state index is 11.7. The highest BCUT2D eigenvalue weighted by molar-refractivity contribution is 5.87. The Labute approximate surface area is 107 Å². The number of hydrogen-bond donors (Lipinski definition) is 2. The lowest BCUT2D eigenvalue weighted by Crippen LogP contribution is -2.28. The molecule has 2 N–H and O–H groups in total. The largest absolute Gasteiger partial charge is 0.478 e. The fourth-order valence-corrected chi connectivity index (χ4v) is 1.74. The lowest BCUT2D eigenvalue weighted by Gasteiger charge is -2.11. The predicted molar refractivity (Wildman–Crippen MR) is 69.3 cm³/mol. The Morgan fingerprint density at radius 2 is 2.11 bits per heavy atom. The molecule has 1 rings (SSSR count). The minimum atomic E-state index is -0.956. The molecule has 0 aliphatic rings. The lowest BCUT2D eigenvalue weighted by atomic mass is 10.1. The van der Waals surface area contributed by atoms with Gasteiger partial charge in [-0.2, -0.15) is 0 Å². The molecule has 0 radical (unpaired) electrons. The second-order valence-corrected chi connectivity index (χ2v) is 4.41. The van der Waals surface area contributed by atoms with Crippen LogP contribution in [-0.2, 0) is 11.3 Å². The van der Waals surface area contributed by atoms with E-state index in [0.29, 0.717) is 6.54 Å². The van der Waals surface area contributed by atoms with Gasteiger partial charge in [0.25, 0.3) is 0 Å². The van der Waals surface area contributed by atoms with Crippen molar-refractivity contribution in [3.63, 3.8) is 0 Å². The van der Waals surface area contributed by atoms with Crippen molar-refractivity contribution in [2.45, 2.75) is 33.2 Å². The van der Waals surface area contributed by atoms with Gasteiger partial charge in [-0.3, -0.25) is 4.79 Å². The quantitative estimate of drug-likeness (QED) is 0.813. The standard InChI is InChI=1S/C14H19NO3/c1-3-5-10(2)13(16)15-9-11-6-4-7-12(8-11)14(17)18/h4,6-8,10H,3,5,9H2,1-2H3,(H,15,16)(H,17,18). The molecule has 1 atom stereocenters. The van der Waals surface area contributed by atoms with Gasteiger partial charge in [0.15, 0.2) is 0 Å². The van der Waals surface area contributed by atoms with Gasteiger partial charge in [-0.25, -0.2) is 4.79 Å². The van der Waals surface area contributed by atoms with Crippen molar-refractivity contribution >= 4 is 11.9 Å². The molecule has 0 aliphatic heterocycles. The summed E-state index contributed by atoms with van der Waals surface area (Å²) >= 11 is 0. The summed E-state index contributed by atoms with van der Waals surface area (Å²) in [5.41, 5.74) is 1.04. The summed E-state index contributed by atoms with van der Waals surface area (Å²) in [4.78, 5) is 22.5. The van der Waals surface area contributed by atoms with Crippen LogP contribution in [0.2, 0.25) is 0 Å². The van der Waals surface area contributed by atoms with E-state index in [1.807, 2.05) is 13.8 Å². The zero-order chi connectivity index (χ0) is 13.5. The molecule has 1 amide bonds. The second kappa shape index (κ2) is 6.79.